The first-order valence-electron chi connectivity index (χ1n) is 11.6. The number of aromatic amines is 1. The summed E-state index contributed by atoms with van der Waals surface area (Å²) in [4.78, 5) is 36.6. The Balaban J connectivity index is 1.34. The molecule has 2 aromatic carbocycles. The molecule has 0 fully saturated rings. The number of aromatic nitrogens is 3. The van der Waals surface area contributed by atoms with Crippen LogP contribution in [-0.4, -0.2) is 45.6 Å². The van der Waals surface area contributed by atoms with E-state index in [1.807, 2.05) is 12.1 Å². The van der Waals surface area contributed by atoms with Crippen molar-refractivity contribution in [1.82, 2.24) is 20.3 Å². The molecule has 10 heteroatoms. The highest BCUT2D eigenvalue weighted by Gasteiger charge is 2.17. The van der Waals surface area contributed by atoms with Crippen LogP contribution in [0.3, 0.4) is 0 Å². The molecule has 2 heterocycles. The summed E-state index contributed by atoms with van der Waals surface area (Å²) in [5, 5.41) is 3.90. The standard InChI is InChI=1S/C27H26Cl2N4O4/c1-27(2,3)37-22(34)15-36-18-7-4-16(5-8-18)10-12-31-26(35)20-11-13-30-25-23(20)32-24(33-25)19-9-6-17(28)14-21(19)29/h4-9,11,13-14H,10,12,15H2,1-3H3,(H,31,35)(H,30,32,33). The van der Waals surface area contributed by atoms with E-state index in [0.717, 1.165) is 5.56 Å². The average molecular weight is 541 g/mol. The van der Waals surface area contributed by atoms with Gasteiger partial charge in [-0.25, -0.2) is 14.8 Å². The predicted octanol–water partition coefficient (Wildman–Crippen LogP) is 5.62. The third kappa shape index (κ3) is 6.99. The van der Waals surface area contributed by atoms with Crippen molar-refractivity contribution < 1.29 is 19.1 Å². The summed E-state index contributed by atoms with van der Waals surface area (Å²) in [6.45, 7) is 5.68. The van der Waals surface area contributed by atoms with E-state index in [4.69, 9.17) is 32.7 Å². The summed E-state index contributed by atoms with van der Waals surface area (Å²) in [5.41, 5.74) is 2.48. The van der Waals surface area contributed by atoms with Crippen LogP contribution < -0.4 is 10.1 Å². The maximum Gasteiger partial charge on any atom is 0.344 e. The normalized spacial score (nSPS) is 11.4. The number of imidazole rings is 1. The van der Waals surface area contributed by atoms with Crippen LogP contribution in [0, 0.1) is 0 Å². The molecule has 0 aliphatic carbocycles. The van der Waals surface area contributed by atoms with Crippen LogP contribution in [0.4, 0.5) is 0 Å². The Labute approximate surface area is 224 Å². The first-order chi connectivity index (χ1) is 17.6. The van der Waals surface area contributed by atoms with Crippen molar-refractivity contribution in [2.45, 2.75) is 32.8 Å². The molecular weight excluding hydrogens is 515 g/mol. The minimum Gasteiger partial charge on any atom is -0.482 e. The van der Waals surface area contributed by atoms with Crippen LogP contribution in [0.5, 0.6) is 5.75 Å². The van der Waals surface area contributed by atoms with Gasteiger partial charge in [0.05, 0.1) is 16.1 Å². The van der Waals surface area contributed by atoms with Gasteiger partial charge in [0.15, 0.2) is 12.3 Å². The smallest absolute Gasteiger partial charge is 0.344 e. The average Bonchev–Trinajstić information content (AvgIpc) is 3.26. The summed E-state index contributed by atoms with van der Waals surface area (Å²) < 4.78 is 10.7. The fourth-order valence-corrected chi connectivity index (χ4v) is 4.09. The monoisotopic (exact) mass is 540 g/mol. The third-order valence-corrected chi connectivity index (χ3v) is 5.77. The summed E-state index contributed by atoms with van der Waals surface area (Å²) in [6, 6.07) is 14.1. The largest absolute Gasteiger partial charge is 0.482 e. The molecule has 37 heavy (non-hydrogen) atoms. The van der Waals surface area contributed by atoms with Gasteiger partial charge in [0, 0.05) is 23.3 Å². The molecule has 0 radical (unpaired) electrons. The molecule has 192 valence electrons. The molecule has 0 aliphatic heterocycles. The van der Waals surface area contributed by atoms with Crippen LogP contribution >= 0.6 is 23.2 Å². The highest BCUT2D eigenvalue weighted by molar-refractivity contribution is 6.36. The lowest BCUT2D eigenvalue weighted by Gasteiger charge is -2.19. The molecule has 0 atom stereocenters. The van der Waals surface area contributed by atoms with E-state index in [1.54, 1.807) is 63.4 Å². The lowest BCUT2D eigenvalue weighted by molar-refractivity contribution is -0.157. The Hall–Kier alpha value is -3.62. The highest BCUT2D eigenvalue weighted by atomic mass is 35.5. The Morgan fingerprint density at radius 2 is 1.81 bits per heavy atom. The van der Waals surface area contributed by atoms with E-state index in [2.05, 4.69) is 20.3 Å². The lowest BCUT2D eigenvalue weighted by Crippen LogP contribution is -2.27. The van der Waals surface area contributed by atoms with Crippen molar-refractivity contribution in [2.75, 3.05) is 13.2 Å². The van der Waals surface area contributed by atoms with Gasteiger partial charge >= 0.3 is 5.97 Å². The maximum absolute atomic E-state index is 12.9. The molecule has 0 spiro atoms. The van der Waals surface area contributed by atoms with E-state index in [1.165, 1.54) is 0 Å². The van der Waals surface area contributed by atoms with Gasteiger partial charge in [-0.05, 0) is 69.2 Å². The van der Waals surface area contributed by atoms with Crippen molar-refractivity contribution >= 4 is 46.2 Å². The zero-order valence-corrected chi connectivity index (χ0v) is 22.1. The highest BCUT2D eigenvalue weighted by Crippen LogP contribution is 2.30. The number of nitrogens with zero attached hydrogens (tertiary/aromatic N) is 2. The Morgan fingerprint density at radius 1 is 1.05 bits per heavy atom. The first kappa shape index (κ1) is 26.4. The molecule has 4 rings (SSSR count). The SMILES string of the molecule is CC(C)(C)OC(=O)COc1ccc(CCNC(=O)c2ccnc3nc(-c4ccc(Cl)cc4Cl)[nH]c23)cc1. The van der Waals surface area contributed by atoms with Crippen LogP contribution in [-0.2, 0) is 16.0 Å². The second-order valence-corrected chi connectivity index (χ2v) is 10.1. The summed E-state index contributed by atoms with van der Waals surface area (Å²) >= 11 is 12.3. The van der Waals surface area contributed by atoms with E-state index in [-0.39, 0.29) is 12.5 Å². The molecule has 0 saturated carbocycles. The van der Waals surface area contributed by atoms with Gasteiger partial charge < -0.3 is 19.8 Å². The number of nitrogens with one attached hydrogen (secondary N) is 2. The summed E-state index contributed by atoms with van der Waals surface area (Å²) in [7, 11) is 0. The molecule has 1 amide bonds. The molecule has 0 bridgehead atoms. The maximum atomic E-state index is 12.9. The van der Waals surface area contributed by atoms with Gasteiger partial charge in [-0.3, -0.25) is 4.79 Å². The number of ether oxygens (including phenoxy) is 2. The number of hydrogen-bond acceptors (Lipinski definition) is 6. The number of esters is 1. The molecule has 4 aromatic rings. The molecule has 8 nitrogen and oxygen atoms in total. The quantitative estimate of drug-likeness (QED) is 0.281. The van der Waals surface area contributed by atoms with Gasteiger partial charge in [0.25, 0.3) is 5.91 Å². The number of halogens is 2. The number of amides is 1. The van der Waals surface area contributed by atoms with Crippen LogP contribution in [0.2, 0.25) is 10.0 Å². The van der Waals surface area contributed by atoms with Crippen molar-refractivity contribution in [1.29, 1.82) is 0 Å². The number of hydrogen-bond donors (Lipinski definition) is 2. The number of fused-ring (bicyclic) bond motifs is 1. The molecule has 0 saturated heterocycles. The van der Waals surface area contributed by atoms with Gasteiger partial charge in [-0.15, -0.1) is 0 Å². The number of carbonyl (C=O) groups excluding carboxylic acids is 2. The Bertz CT molecular complexity index is 1430. The summed E-state index contributed by atoms with van der Waals surface area (Å²) in [5.74, 6) is 0.388. The number of pyridine rings is 1. The zero-order chi connectivity index (χ0) is 26.6. The van der Waals surface area contributed by atoms with E-state index in [9.17, 15) is 9.59 Å². The van der Waals surface area contributed by atoms with E-state index in [0.29, 0.717) is 56.9 Å². The molecule has 0 aliphatic rings. The number of carbonyl (C=O) groups is 2. The lowest BCUT2D eigenvalue weighted by atomic mass is 10.1. The first-order valence-corrected chi connectivity index (χ1v) is 12.4. The number of benzene rings is 2. The Morgan fingerprint density at radius 3 is 2.51 bits per heavy atom. The fraction of sp³-hybridized carbons (Fsp3) is 0.259. The van der Waals surface area contributed by atoms with Crippen molar-refractivity contribution in [2.24, 2.45) is 0 Å². The van der Waals surface area contributed by atoms with Crippen LogP contribution in [0.1, 0.15) is 36.7 Å². The molecule has 2 aromatic heterocycles. The van der Waals surface area contributed by atoms with Gasteiger partial charge in [-0.2, -0.15) is 0 Å². The van der Waals surface area contributed by atoms with Crippen molar-refractivity contribution in [3.05, 3.63) is 75.9 Å². The zero-order valence-electron chi connectivity index (χ0n) is 20.6. The van der Waals surface area contributed by atoms with Crippen LogP contribution in [0.15, 0.2) is 54.7 Å². The second-order valence-electron chi connectivity index (χ2n) is 9.29. The van der Waals surface area contributed by atoms with Gasteiger partial charge in [0.1, 0.15) is 17.2 Å². The third-order valence-electron chi connectivity index (χ3n) is 5.22. The van der Waals surface area contributed by atoms with Gasteiger partial charge in [0.2, 0.25) is 0 Å². The van der Waals surface area contributed by atoms with Crippen molar-refractivity contribution in [3.63, 3.8) is 0 Å². The number of H-pyrrole nitrogens is 1. The van der Waals surface area contributed by atoms with Crippen molar-refractivity contribution in [3.8, 4) is 17.1 Å². The minimum atomic E-state index is -0.555. The minimum absolute atomic E-state index is 0.160. The molecular formula is C27H26Cl2N4O4. The topological polar surface area (TPSA) is 106 Å². The molecule has 0 unspecified atom stereocenters. The van der Waals surface area contributed by atoms with E-state index < -0.39 is 11.6 Å². The second kappa shape index (κ2) is 11.2. The van der Waals surface area contributed by atoms with E-state index >= 15 is 0 Å². The Kier molecular flexibility index (Phi) is 8.00. The predicted molar refractivity (Wildman–Crippen MR) is 143 cm³/mol. The molecule has 2 N–H and O–H groups in total. The van der Waals surface area contributed by atoms with Gasteiger partial charge in [-0.1, -0.05) is 35.3 Å². The summed E-state index contributed by atoms with van der Waals surface area (Å²) in [6.07, 6.45) is 2.16. The fourth-order valence-electron chi connectivity index (χ4n) is 3.59. The van der Waals surface area contributed by atoms with Crippen LogP contribution in [0.25, 0.3) is 22.6 Å². The number of rotatable bonds is 8.